The Morgan fingerprint density at radius 2 is 1.65 bits per heavy atom. The Morgan fingerprint density at radius 3 is 2.20 bits per heavy atom. The molecular weight excluding hydrogens is 260 g/mol. The lowest BCUT2D eigenvalue weighted by molar-refractivity contribution is 0.00823. The normalized spacial score (nSPS) is 21.0. The first-order valence-corrected chi connectivity index (χ1v) is 7.42. The topological polar surface area (TPSA) is 46.2 Å². The molecule has 2 nitrogen and oxygen atoms in total. The molecule has 0 amide bonds. The van der Waals surface area contributed by atoms with E-state index in [9.17, 15) is 13.9 Å². The Hall–Kier alpha value is -1.00. The van der Waals surface area contributed by atoms with Crippen molar-refractivity contribution in [2.75, 3.05) is 6.54 Å². The highest BCUT2D eigenvalue weighted by Crippen LogP contribution is 2.43. The van der Waals surface area contributed by atoms with Crippen molar-refractivity contribution >= 4 is 0 Å². The fourth-order valence-corrected chi connectivity index (χ4v) is 3.23. The maximum Gasteiger partial charge on any atom is 0.159 e. The van der Waals surface area contributed by atoms with Crippen molar-refractivity contribution in [3.8, 4) is 0 Å². The van der Waals surface area contributed by atoms with E-state index in [1.807, 2.05) is 0 Å². The van der Waals surface area contributed by atoms with Gasteiger partial charge in [-0.2, -0.15) is 0 Å². The molecule has 1 atom stereocenters. The summed E-state index contributed by atoms with van der Waals surface area (Å²) < 4.78 is 26.4. The standard InChI is InChI=1S/C16H23F2NO/c17-13-7-6-12(10-14(13)18)15(20)16(11-19)8-4-2-1-3-5-9-16/h6-7,10,15,20H,1-5,8-9,11,19H2. The van der Waals surface area contributed by atoms with Crippen molar-refractivity contribution < 1.29 is 13.9 Å². The Bertz CT molecular complexity index is 442. The smallest absolute Gasteiger partial charge is 0.159 e. The minimum absolute atomic E-state index is 0.368. The molecule has 1 unspecified atom stereocenters. The van der Waals surface area contributed by atoms with Crippen LogP contribution in [0.1, 0.15) is 56.6 Å². The van der Waals surface area contributed by atoms with Crippen LogP contribution in [0.25, 0.3) is 0 Å². The number of nitrogens with two attached hydrogens (primary N) is 1. The number of aliphatic hydroxyl groups excluding tert-OH is 1. The molecule has 3 N–H and O–H groups in total. The first-order valence-electron chi connectivity index (χ1n) is 7.42. The van der Waals surface area contributed by atoms with Crippen LogP contribution < -0.4 is 5.73 Å². The summed E-state index contributed by atoms with van der Waals surface area (Å²) in [6.45, 7) is 0.368. The molecule has 1 aromatic rings. The summed E-state index contributed by atoms with van der Waals surface area (Å²) in [4.78, 5) is 0. The molecule has 0 saturated heterocycles. The maximum absolute atomic E-state index is 13.4. The minimum atomic E-state index is -0.917. The Balaban J connectivity index is 2.25. The summed E-state index contributed by atoms with van der Waals surface area (Å²) in [5.74, 6) is -1.81. The van der Waals surface area contributed by atoms with E-state index < -0.39 is 23.2 Å². The van der Waals surface area contributed by atoms with Crippen LogP contribution in [0.15, 0.2) is 18.2 Å². The van der Waals surface area contributed by atoms with Crippen molar-refractivity contribution in [3.05, 3.63) is 35.4 Å². The van der Waals surface area contributed by atoms with E-state index >= 15 is 0 Å². The molecule has 0 spiro atoms. The second-order valence-corrected chi connectivity index (χ2v) is 5.91. The SMILES string of the molecule is NCC1(C(O)c2ccc(F)c(F)c2)CCCCCCC1. The van der Waals surface area contributed by atoms with Gasteiger partial charge in [0.25, 0.3) is 0 Å². The number of rotatable bonds is 3. The first kappa shape index (κ1) is 15.4. The average Bonchev–Trinajstić information content (AvgIpc) is 2.42. The van der Waals surface area contributed by atoms with Gasteiger partial charge in [0.2, 0.25) is 0 Å². The number of benzene rings is 1. The van der Waals surface area contributed by atoms with Gasteiger partial charge in [-0.25, -0.2) is 8.78 Å². The van der Waals surface area contributed by atoms with Crippen molar-refractivity contribution in [1.82, 2.24) is 0 Å². The van der Waals surface area contributed by atoms with Crippen LogP contribution in [0.5, 0.6) is 0 Å². The zero-order valence-corrected chi connectivity index (χ0v) is 11.7. The fourth-order valence-electron chi connectivity index (χ4n) is 3.23. The lowest BCUT2D eigenvalue weighted by Gasteiger charge is -2.39. The third-order valence-electron chi connectivity index (χ3n) is 4.60. The van der Waals surface area contributed by atoms with Crippen molar-refractivity contribution in [2.24, 2.45) is 11.1 Å². The molecule has 20 heavy (non-hydrogen) atoms. The van der Waals surface area contributed by atoms with Gasteiger partial charge >= 0.3 is 0 Å². The minimum Gasteiger partial charge on any atom is -0.388 e. The molecule has 1 fully saturated rings. The van der Waals surface area contributed by atoms with Gasteiger partial charge in [0.05, 0.1) is 6.10 Å². The van der Waals surface area contributed by atoms with Crippen molar-refractivity contribution in [1.29, 1.82) is 0 Å². The number of hydrogen-bond acceptors (Lipinski definition) is 2. The number of aliphatic hydroxyl groups is 1. The second-order valence-electron chi connectivity index (χ2n) is 5.91. The molecule has 0 heterocycles. The lowest BCUT2D eigenvalue weighted by atomic mass is 9.70. The molecule has 1 aliphatic rings. The highest BCUT2D eigenvalue weighted by molar-refractivity contribution is 5.22. The highest BCUT2D eigenvalue weighted by Gasteiger charge is 2.37. The number of halogens is 2. The summed E-state index contributed by atoms with van der Waals surface area (Å²) in [7, 11) is 0. The van der Waals surface area contributed by atoms with E-state index in [0.717, 1.165) is 50.7 Å². The van der Waals surface area contributed by atoms with Gasteiger partial charge in [0.1, 0.15) is 0 Å². The summed E-state index contributed by atoms with van der Waals surface area (Å²) in [6, 6.07) is 3.62. The molecule has 1 saturated carbocycles. The van der Waals surface area contributed by atoms with Gasteiger partial charge in [-0.05, 0) is 30.5 Å². The molecule has 1 aliphatic carbocycles. The summed E-state index contributed by atoms with van der Waals surface area (Å²) in [5, 5.41) is 10.7. The van der Waals surface area contributed by atoms with E-state index in [2.05, 4.69) is 0 Å². The first-order chi connectivity index (χ1) is 9.59. The average molecular weight is 283 g/mol. The van der Waals surface area contributed by atoms with Crippen LogP contribution in [0, 0.1) is 17.0 Å². The predicted molar refractivity (Wildman–Crippen MR) is 75.1 cm³/mol. The molecule has 0 aromatic heterocycles. The molecular formula is C16H23F2NO. The van der Waals surface area contributed by atoms with Crippen molar-refractivity contribution in [2.45, 2.75) is 51.0 Å². The molecule has 0 aliphatic heterocycles. The Morgan fingerprint density at radius 1 is 1.05 bits per heavy atom. The van der Waals surface area contributed by atoms with E-state index in [1.165, 1.54) is 12.5 Å². The maximum atomic E-state index is 13.4. The van der Waals surface area contributed by atoms with Crippen LogP contribution >= 0.6 is 0 Å². The van der Waals surface area contributed by atoms with Crippen LogP contribution in [0.4, 0.5) is 8.78 Å². The lowest BCUT2D eigenvalue weighted by Crippen LogP contribution is -2.37. The number of hydrogen-bond donors (Lipinski definition) is 2. The molecule has 0 radical (unpaired) electrons. The van der Waals surface area contributed by atoms with Gasteiger partial charge in [-0.15, -0.1) is 0 Å². The van der Waals surface area contributed by atoms with E-state index in [-0.39, 0.29) is 0 Å². The Kier molecular flexibility index (Phi) is 5.11. The fraction of sp³-hybridized carbons (Fsp3) is 0.625. The highest BCUT2D eigenvalue weighted by atomic mass is 19.2. The quantitative estimate of drug-likeness (QED) is 0.888. The van der Waals surface area contributed by atoms with Crippen LogP contribution in [0.3, 0.4) is 0 Å². The van der Waals surface area contributed by atoms with Gasteiger partial charge in [0, 0.05) is 12.0 Å². The summed E-state index contributed by atoms with van der Waals surface area (Å²) >= 11 is 0. The van der Waals surface area contributed by atoms with Crippen LogP contribution in [-0.2, 0) is 0 Å². The second kappa shape index (κ2) is 6.64. The van der Waals surface area contributed by atoms with E-state index in [1.54, 1.807) is 0 Å². The van der Waals surface area contributed by atoms with Crippen LogP contribution in [-0.4, -0.2) is 11.7 Å². The summed E-state index contributed by atoms with van der Waals surface area (Å²) in [5.41, 5.74) is 5.95. The molecule has 0 bridgehead atoms. The molecule has 1 aromatic carbocycles. The van der Waals surface area contributed by atoms with E-state index in [4.69, 9.17) is 5.73 Å². The third-order valence-corrected chi connectivity index (χ3v) is 4.60. The van der Waals surface area contributed by atoms with Gasteiger partial charge in [-0.1, -0.05) is 38.2 Å². The van der Waals surface area contributed by atoms with Crippen molar-refractivity contribution in [3.63, 3.8) is 0 Å². The molecule has 4 heteroatoms. The largest absolute Gasteiger partial charge is 0.388 e. The summed E-state index contributed by atoms with van der Waals surface area (Å²) in [6.07, 6.45) is 6.41. The van der Waals surface area contributed by atoms with E-state index in [0.29, 0.717) is 12.1 Å². The zero-order valence-electron chi connectivity index (χ0n) is 11.7. The monoisotopic (exact) mass is 283 g/mol. The van der Waals surface area contributed by atoms with Gasteiger partial charge in [0.15, 0.2) is 11.6 Å². The van der Waals surface area contributed by atoms with Gasteiger partial charge in [-0.3, -0.25) is 0 Å². The molecule has 2 rings (SSSR count). The van der Waals surface area contributed by atoms with Crippen LogP contribution in [0.2, 0.25) is 0 Å². The predicted octanol–water partition coefficient (Wildman–Crippen LogP) is 3.69. The van der Waals surface area contributed by atoms with Gasteiger partial charge < -0.3 is 10.8 Å². The molecule has 112 valence electrons. The zero-order chi connectivity index (χ0) is 14.6. The third kappa shape index (κ3) is 3.18. The Labute approximate surface area is 119 Å².